The van der Waals surface area contributed by atoms with Crippen LogP contribution in [0.5, 0.6) is 0 Å². The summed E-state index contributed by atoms with van der Waals surface area (Å²) in [6.07, 6.45) is 1.20. The van der Waals surface area contributed by atoms with Crippen LogP contribution in [-0.2, 0) is 14.3 Å². The molecule has 2 aromatic rings. The normalized spacial score (nSPS) is 22.3. The lowest BCUT2D eigenvalue weighted by Gasteiger charge is -2.38. The van der Waals surface area contributed by atoms with Crippen LogP contribution in [0, 0.1) is 0 Å². The Morgan fingerprint density at radius 2 is 1.64 bits per heavy atom. The standard InChI is InChI=1S/C23H26N2O3/c1-24-16-23(28-15-22(24)27)12-13-25(17-23)21(26)14-20(18-8-4-2-5-9-18)19-10-6-3-7-11-19/h2-11,20H,12-17H2,1H3/t23-/m0/s1. The van der Waals surface area contributed by atoms with Crippen molar-refractivity contribution in [3.05, 3.63) is 71.8 Å². The monoisotopic (exact) mass is 378 g/mol. The predicted molar refractivity (Wildman–Crippen MR) is 107 cm³/mol. The van der Waals surface area contributed by atoms with Gasteiger partial charge in [0.1, 0.15) is 12.2 Å². The summed E-state index contributed by atoms with van der Waals surface area (Å²) < 4.78 is 5.88. The Kier molecular flexibility index (Phi) is 5.18. The third kappa shape index (κ3) is 3.80. The van der Waals surface area contributed by atoms with Crippen LogP contribution < -0.4 is 0 Å². The number of hydrogen-bond donors (Lipinski definition) is 0. The third-order valence-electron chi connectivity index (χ3n) is 5.90. The molecule has 2 amide bonds. The summed E-state index contributed by atoms with van der Waals surface area (Å²) in [6, 6.07) is 20.4. The van der Waals surface area contributed by atoms with Gasteiger partial charge in [0.05, 0.1) is 13.1 Å². The minimum atomic E-state index is -0.409. The summed E-state index contributed by atoms with van der Waals surface area (Å²) in [5, 5.41) is 0. The Hall–Kier alpha value is -2.66. The Morgan fingerprint density at radius 3 is 2.21 bits per heavy atom. The van der Waals surface area contributed by atoms with Gasteiger partial charge in [-0.2, -0.15) is 0 Å². The number of likely N-dealkylation sites (N-methyl/N-ethyl adjacent to an activating group) is 1. The molecule has 1 atom stereocenters. The van der Waals surface area contributed by atoms with E-state index in [1.807, 2.05) is 41.3 Å². The van der Waals surface area contributed by atoms with Crippen molar-refractivity contribution in [2.24, 2.45) is 0 Å². The number of benzene rings is 2. The SMILES string of the molecule is CN1C[C@]2(CCN(C(=O)CC(c3ccccc3)c3ccccc3)C2)OCC1=O. The first-order chi connectivity index (χ1) is 13.6. The van der Waals surface area contributed by atoms with Crippen molar-refractivity contribution >= 4 is 11.8 Å². The van der Waals surface area contributed by atoms with Gasteiger partial charge in [-0.05, 0) is 17.5 Å². The second kappa shape index (κ2) is 7.76. The van der Waals surface area contributed by atoms with Crippen molar-refractivity contribution in [1.29, 1.82) is 0 Å². The van der Waals surface area contributed by atoms with Crippen molar-refractivity contribution in [2.45, 2.75) is 24.4 Å². The molecule has 0 aromatic heterocycles. The molecular weight excluding hydrogens is 352 g/mol. The molecule has 28 heavy (non-hydrogen) atoms. The molecule has 2 aliphatic heterocycles. The summed E-state index contributed by atoms with van der Waals surface area (Å²) >= 11 is 0. The van der Waals surface area contributed by atoms with E-state index < -0.39 is 5.60 Å². The fourth-order valence-electron chi connectivity index (χ4n) is 4.30. The van der Waals surface area contributed by atoms with Crippen LogP contribution in [0.1, 0.15) is 29.9 Å². The van der Waals surface area contributed by atoms with E-state index in [2.05, 4.69) is 24.3 Å². The topological polar surface area (TPSA) is 49.9 Å². The summed E-state index contributed by atoms with van der Waals surface area (Å²) in [5.74, 6) is 0.171. The van der Waals surface area contributed by atoms with Gasteiger partial charge in [-0.3, -0.25) is 9.59 Å². The number of likely N-dealkylation sites (tertiary alicyclic amines) is 1. The fraction of sp³-hybridized carbons (Fsp3) is 0.391. The van der Waals surface area contributed by atoms with Crippen molar-refractivity contribution in [2.75, 3.05) is 33.3 Å². The average molecular weight is 378 g/mol. The van der Waals surface area contributed by atoms with Gasteiger partial charge in [0.2, 0.25) is 11.8 Å². The van der Waals surface area contributed by atoms with Crippen LogP contribution in [0.3, 0.4) is 0 Å². The van der Waals surface area contributed by atoms with Gasteiger partial charge < -0.3 is 14.5 Å². The van der Waals surface area contributed by atoms with Crippen molar-refractivity contribution in [3.8, 4) is 0 Å². The van der Waals surface area contributed by atoms with Gasteiger partial charge in [-0.1, -0.05) is 60.7 Å². The van der Waals surface area contributed by atoms with Crippen LogP contribution in [0.25, 0.3) is 0 Å². The second-order valence-electron chi connectivity index (χ2n) is 7.86. The molecule has 0 N–H and O–H groups in total. The van der Waals surface area contributed by atoms with Crippen molar-refractivity contribution < 1.29 is 14.3 Å². The van der Waals surface area contributed by atoms with Crippen LogP contribution >= 0.6 is 0 Å². The first-order valence-corrected chi connectivity index (χ1v) is 9.82. The maximum atomic E-state index is 13.2. The van der Waals surface area contributed by atoms with E-state index in [9.17, 15) is 9.59 Å². The van der Waals surface area contributed by atoms with E-state index >= 15 is 0 Å². The first-order valence-electron chi connectivity index (χ1n) is 9.82. The number of ether oxygens (including phenoxy) is 1. The molecule has 146 valence electrons. The number of carbonyl (C=O) groups excluding carboxylic acids is 2. The smallest absolute Gasteiger partial charge is 0.248 e. The molecule has 5 heteroatoms. The van der Waals surface area contributed by atoms with Gasteiger partial charge in [-0.25, -0.2) is 0 Å². The molecule has 2 heterocycles. The molecule has 5 nitrogen and oxygen atoms in total. The molecule has 1 spiro atoms. The number of nitrogens with zero attached hydrogens (tertiary/aromatic N) is 2. The van der Waals surface area contributed by atoms with E-state index in [0.717, 1.165) is 17.5 Å². The number of rotatable bonds is 4. The van der Waals surface area contributed by atoms with Gasteiger partial charge in [0.15, 0.2) is 0 Å². The number of hydrogen-bond acceptors (Lipinski definition) is 3. The zero-order valence-electron chi connectivity index (χ0n) is 16.2. The minimum absolute atomic E-state index is 0.00335. The van der Waals surface area contributed by atoms with Crippen LogP contribution in [0.2, 0.25) is 0 Å². The molecule has 2 saturated heterocycles. The quantitative estimate of drug-likeness (QED) is 0.822. The lowest BCUT2D eigenvalue weighted by molar-refractivity contribution is -0.159. The first kappa shape index (κ1) is 18.7. The van der Waals surface area contributed by atoms with Gasteiger partial charge >= 0.3 is 0 Å². The Balaban J connectivity index is 1.49. The third-order valence-corrected chi connectivity index (χ3v) is 5.90. The van der Waals surface area contributed by atoms with Crippen LogP contribution in [0.15, 0.2) is 60.7 Å². The molecule has 0 radical (unpaired) electrons. The predicted octanol–water partition coefficient (Wildman–Crippen LogP) is 2.67. The molecule has 2 aromatic carbocycles. The Morgan fingerprint density at radius 1 is 1.04 bits per heavy atom. The highest BCUT2D eigenvalue weighted by atomic mass is 16.5. The molecule has 0 unspecified atom stereocenters. The van der Waals surface area contributed by atoms with Gasteiger partial charge in [0, 0.05) is 25.9 Å². The second-order valence-corrected chi connectivity index (χ2v) is 7.86. The molecule has 4 rings (SSSR count). The van der Waals surface area contributed by atoms with Crippen LogP contribution in [0.4, 0.5) is 0 Å². The summed E-state index contributed by atoms with van der Waals surface area (Å²) in [5.41, 5.74) is 1.89. The fourth-order valence-corrected chi connectivity index (χ4v) is 4.30. The minimum Gasteiger partial charge on any atom is -0.361 e. The van der Waals surface area contributed by atoms with E-state index in [0.29, 0.717) is 26.1 Å². The van der Waals surface area contributed by atoms with E-state index in [1.54, 1.807) is 11.9 Å². The lowest BCUT2D eigenvalue weighted by atomic mass is 9.88. The van der Waals surface area contributed by atoms with E-state index in [4.69, 9.17) is 4.74 Å². The Bertz CT molecular complexity index is 800. The number of carbonyl (C=O) groups is 2. The molecule has 2 aliphatic rings. The Labute approximate surface area is 165 Å². The molecule has 0 bridgehead atoms. The van der Waals surface area contributed by atoms with Gasteiger partial charge in [0.25, 0.3) is 0 Å². The largest absolute Gasteiger partial charge is 0.361 e. The summed E-state index contributed by atoms with van der Waals surface area (Å²) in [6.45, 7) is 1.89. The number of morpholine rings is 1. The van der Waals surface area contributed by atoms with Crippen LogP contribution in [-0.4, -0.2) is 60.5 Å². The maximum Gasteiger partial charge on any atom is 0.248 e. The number of amides is 2. The highest BCUT2D eigenvalue weighted by Gasteiger charge is 2.45. The molecule has 2 fully saturated rings. The molecular formula is C23H26N2O3. The van der Waals surface area contributed by atoms with Crippen molar-refractivity contribution in [1.82, 2.24) is 9.80 Å². The lowest BCUT2D eigenvalue weighted by Crippen LogP contribution is -2.54. The molecule has 0 aliphatic carbocycles. The zero-order valence-corrected chi connectivity index (χ0v) is 16.2. The van der Waals surface area contributed by atoms with E-state index in [-0.39, 0.29) is 24.3 Å². The highest BCUT2D eigenvalue weighted by Crippen LogP contribution is 2.33. The van der Waals surface area contributed by atoms with E-state index in [1.165, 1.54) is 0 Å². The highest BCUT2D eigenvalue weighted by molar-refractivity contribution is 5.79. The summed E-state index contributed by atoms with van der Waals surface area (Å²) in [4.78, 5) is 28.5. The summed E-state index contributed by atoms with van der Waals surface area (Å²) in [7, 11) is 1.80. The zero-order chi connectivity index (χ0) is 19.6. The van der Waals surface area contributed by atoms with Crippen molar-refractivity contribution in [3.63, 3.8) is 0 Å². The van der Waals surface area contributed by atoms with Gasteiger partial charge in [-0.15, -0.1) is 0 Å². The maximum absolute atomic E-state index is 13.2. The average Bonchev–Trinajstić information content (AvgIpc) is 3.14. The molecule has 0 saturated carbocycles.